The van der Waals surface area contributed by atoms with Crippen LogP contribution in [0, 0.1) is 17.4 Å². The lowest BCUT2D eigenvalue weighted by Crippen LogP contribution is -2.01. The summed E-state index contributed by atoms with van der Waals surface area (Å²) in [7, 11) is 0. The number of hydrogen-bond acceptors (Lipinski definition) is 2. The highest BCUT2D eigenvalue weighted by Gasteiger charge is 2.44. The van der Waals surface area contributed by atoms with Crippen LogP contribution < -0.4 is 0 Å². The fourth-order valence-electron chi connectivity index (χ4n) is 1.18. The zero-order valence-corrected chi connectivity index (χ0v) is 6.04. The summed E-state index contributed by atoms with van der Waals surface area (Å²) in [5.74, 6) is 0. The Kier molecular flexibility index (Phi) is 1.19. The Balaban J connectivity index is 2.39. The normalized spacial score (nSPS) is 18.8. The second-order valence-electron chi connectivity index (χ2n) is 2.87. The summed E-state index contributed by atoms with van der Waals surface area (Å²) >= 11 is 0. The molecule has 2 rings (SSSR count). The molecule has 0 aliphatic heterocycles. The lowest BCUT2D eigenvalue weighted by atomic mass is 10.0. The van der Waals surface area contributed by atoms with E-state index in [1.807, 2.05) is 6.07 Å². The van der Waals surface area contributed by atoms with E-state index in [0.29, 0.717) is 0 Å². The average Bonchev–Trinajstić information content (AvgIpc) is 2.86. The highest BCUT2D eigenvalue weighted by molar-refractivity contribution is 5.36. The zero-order chi connectivity index (χ0) is 7.73. The maximum Gasteiger partial charge on any atom is 0.0838 e. The van der Waals surface area contributed by atoms with Crippen molar-refractivity contribution in [2.24, 2.45) is 0 Å². The molecule has 0 aromatic carbocycles. The maximum absolute atomic E-state index is 8.82. The van der Waals surface area contributed by atoms with Crippen LogP contribution in [0.5, 0.6) is 0 Å². The highest BCUT2D eigenvalue weighted by Crippen LogP contribution is 2.46. The molecule has 0 unspecified atom stereocenters. The molecule has 1 heterocycles. The van der Waals surface area contributed by atoms with E-state index in [1.54, 1.807) is 12.4 Å². The van der Waals surface area contributed by atoms with Crippen LogP contribution in [0.2, 0.25) is 0 Å². The van der Waals surface area contributed by atoms with Crippen molar-refractivity contribution in [3.8, 4) is 6.07 Å². The predicted octanol–water partition coefficient (Wildman–Crippen LogP) is 1.44. The first-order chi connectivity index (χ1) is 5.37. The second-order valence-corrected chi connectivity index (χ2v) is 2.87. The highest BCUT2D eigenvalue weighted by atomic mass is 14.6. The van der Waals surface area contributed by atoms with Crippen LogP contribution in [0.3, 0.4) is 0 Å². The standard InChI is InChI=1S/C9H7N2/c10-7-9(3-4-9)8-2-1-5-11-6-8/h2,5-6H,3-4H2. The van der Waals surface area contributed by atoms with E-state index in [2.05, 4.69) is 17.1 Å². The molecule has 0 atom stereocenters. The summed E-state index contributed by atoms with van der Waals surface area (Å²) in [6, 6.07) is 7.04. The first-order valence-corrected chi connectivity index (χ1v) is 3.60. The number of hydrogen-bond donors (Lipinski definition) is 0. The Morgan fingerprint density at radius 1 is 1.64 bits per heavy atom. The van der Waals surface area contributed by atoms with Gasteiger partial charge in [-0.2, -0.15) is 5.26 Å². The summed E-state index contributed by atoms with van der Waals surface area (Å²) < 4.78 is 0. The van der Waals surface area contributed by atoms with Gasteiger partial charge in [-0.3, -0.25) is 4.98 Å². The topological polar surface area (TPSA) is 36.7 Å². The largest absolute Gasteiger partial charge is 0.264 e. The lowest BCUT2D eigenvalue weighted by Gasteiger charge is -2.02. The smallest absolute Gasteiger partial charge is 0.0838 e. The van der Waals surface area contributed by atoms with Gasteiger partial charge in [-0.25, -0.2) is 0 Å². The van der Waals surface area contributed by atoms with Gasteiger partial charge < -0.3 is 0 Å². The van der Waals surface area contributed by atoms with E-state index >= 15 is 0 Å². The first-order valence-electron chi connectivity index (χ1n) is 3.60. The van der Waals surface area contributed by atoms with Crippen LogP contribution in [0.4, 0.5) is 0 Å². The minimum Gasteiger partial charge on any atom is -0.264 e. The van der Waals surface area contributed by atoms with Crippen molar-refractivity contribution in [1.29, 1.82) is 5.26 Å². The van der Waals surface area contributed by atoms with Gasteiger partial charge >= 0.3 is 0 Å². The van der Waals surface area contributed by atoms with Crippen molar-refractivity contribution in [2.75, 3.05) is 0 Å². The minimum atomic E-state index is -0.204. The Hall–Kier alpha value is -1.36. The number of nitrogens with zero attached hydrogens (tertiary/aromatic N) is 2. The van der Waals surface area contributed by atoms with Crippen LogP contribution in [0.1, 0.15) is 18.4 Å². The SMILES string of the molecule is N#CC1(c2c[c]cnc2)CC1. The molecule has 53 valence electrons. The average molecular weight is 143 g/mol. The number of aromatic nitrogens is 1. The van der Waals surface area contributed by atoms with E-state index in [9.17, 15) is 0 Å². The molecule has 2 heteroatoms. The molecular formula is C9H7N2. The van der Waals surface area contributed by atoms with Crippen molar-refractivity contribution in [1.82, 2.24) is 4.98 Å². The molecule has 1 saturated carbocycles. The molecule has 1 fully saturated rings. The Bertz CT molecular complexity index is 293. The van der Waals surface area contributed by atoms with E-state index < -0.39 is 0 Å². The van der Waals surface area contributed by atoms with E-state index in [4.69, 9.17) is 5.26 Å². The van der Waals surface area contributed by atoms with Crippen molar-refractivity contribution in [2.45, 2.75) is 18.3 Å². The maximum atomic E-state index is 8.82. The third kappa shape index (κ3) is 0.894. The fraction of sp³-hybridized carbons (Fsp3) is 0.333. The van der Waals surface area contributed by atoms with Crippen LogP contribution in [-0.4, -0.2) is 4.98 Å². The van der Waals surface area contributed by atoms with Crippen molar-refractivity contribution in [3.05, 3.63) is 30.1 Å². The molecule has 1 aliphatic rings. The van der Waals surface area contributed by atoms with Crippen LogP contribution in [0.25, 0.3) is 0 Å². The number of rotatable bonds is 1. The molecule has 1 aromatic rings. The molecule has 1 aliphatic carbocycles. The van der Waals surface area contributed by atoms with Gasteiger partial charge in [0, 0.05) is 18.5 Å². The van der Waals surface area contributed by atoms with Crippen LogP contribution >= 0.6 is 0 Å². The van der Waals surface area contributed by atoms with Crippen LogP contribution in [0.15, 0.2) is 18.5 Å². The lowest BCUT2D eigenvalue weighted by molar-refractivity contribution is 0.896. The van der Waals surface area contributed by atoms with Gasteiger partial charge in [-0.05, 0) is 24.5 Å². The van der Waals surface area contributed by atoms with Gasteiger partial charge in [0.2, 0.25) is 0 Å². The molecule has 0 amide bonds. The van der Waals surface area contributed by atoms with E-state index in [1.165, 1.54) is 0 Å². The molecule has 2 nitrogen and oxygen atoms in total. The van der Waals surface area contributed by atoms with Crippen molar-refractivity contribution >= 4 is 0 Å². The predicted molar refractivity (Wildman–Crippen MR) is 39.6 cm³/mol. The summed E-state index contributed by atoms with van der Waals surface area (Å²) in [4.78, 5) is 3.93. The molecule has 0 saturated heterocycles. The molecule has 1 radical (unpaired) electrons. The third-order valence-corrected chi connectivity index (χ3v) is 2.12. The van der Waals surface area contributed by atoms with E-state index in [-0.39, 0.29) is 5.41 Å². The monoisotopic (exact) mass is 143 g/mol. The summed E-state index contributed by atoms with van der Waals surface area (Å²) in [5, 5.41) is 8.82. The van der Waals surface area contributed by atoms with Gasteiger partial charge in [0.1, 0.15) is 0 Å². The van der Waals surface area contributed by atoms with Crippen LogP contribution in [-0.2, 0) is 5.41 Å². The van der Waals surface area contributed by atoms with Crippen molar-refractivity contribution < 1.29 is 0 Å². The fourth-order valence-corrected chi connectivity index (χ4v) is 1.18. The summed E-state index contributed by atoms with van der Waals surface area (Å²) in [5.41, 5.74) is 0.813. The van der Waals surface area contributed by atoms with Gasteiger partial charge in [-0.1, -0.05) is 0 Å². The molecule has 0 N–H and O–H groups in total. The molecule has 1 aromatic heterocycles. The zero-order valence-electron chi connectivity index (χ0n) is 6.04. The Morgan fingerprint density at radius 2 is 2.45 bits per heavy atom. The summed E-state index contributed by atoms with van der Waals surface area (Å²) in [6.07, 6.45) is 5.32. The quantitative estimate of drug-likeness (QED) is 0.596. The molecule has 11 heavy (non-hydrogen) atoms. The number of pyridine rings is 1. The van der Waals surface area contributed by atoms with Gasteiger partial charge in [0.05, 0.1) is 11.5 Å². The van der Waals surface area contributed by atoms with Gasteiger partial charge in [0.15, 0.2) is 0 Å². The Labute approximate surface area is 65.5 Å². The number of nitriles is 1. The van der Waals surface area contributed by atoms with Gasteiger partial charge in [0.25, 0.3) is 0 Å². The van der Waals surface area contributed by atoms with E-state index in [0.717, 1.165) is 18.4 Å². The summed E-state index contributed by atoms with van der Waals surface area (Å²) in [6.45, 7) is 0. The molecule has 0 spiro atoms. The molecule has 0 bridgehead atoms. The second kappa shape index (κ2) is 2.06. The first kappa shape index (κ1) is 6.36. The van der Waals surface area contributed by atoms with Gasteiger partial charge in [-0.15, -0.1) is 0 Å². The van der Waals surface area contributed by atoms with Crippen molar-refractivity contribution in [3.63, 3.8) is 0 Å². The molecular weight excluding hydrogens is 136 g/mol. The third-order valence-electron chi connectivity index (χ3n) is 2.12. The minimum absolute atomic E-state index is 0.204. The Morgan fingerprint density at radius 3 is 2.91 bits per heavy atom.